The maximum atomic E-state index is 12.7. The lowest BCUT2D eigenvalue weighted by atomic mass is 10.0. The highest BCUT2D eigenvalue weighted by atomic mass is 16.3. The summed E-state index contributed by atoms with van der Waals surface area (Å²) in [6, 6.07) is 19.8. The van der Waals surface area contributed by atoms with Gasteiger partial charge in [0.15, 0.2) is 5.43 Å². The molecule has 0 atom stereocenters. The molecule has 3 aromatic carbocycles. The largest absolute Gasteiger partial charge is 0.463 e. The van der Waals surface area contributed by atoms with Gasteiger partial charge in [-0.05, 0) is 47.0 Å². The maximum Gasteiger partial charge on any atom is 0.200 e. The quantitative estimate of drug-likeness (QED) is 0.497. The number of rotatable bonds is 1. The third-order valence-corrected chi connectivity index (χ3v) is 3.99. The zero-order valence-electron chi connectivity index (χ0n) is 12.2. The van der Waals surface area contributed by atoms with Crippen LogP contribution in [0, 0.1) is 6.92 Å². The second kappa shape index (κ2) is 4.85. The first kappa shape index (κ1) is 12.8. The number of hydrogen-bond acceptors (Lipinski definition) is 2. The Labute approximate surface area is 127 Å². The average molecular weight is 286 g/mol. The van der Waals surface area contributed by atoms with Crippen LogP contribution in [0.2, 0.25) is 0 Å². The van der Waals surface area contributed by atoms with Gasteiger partial charge in [0.25, 0.3) is 0 Å². The van der Waals surface area contributed by atoms with Crippen molar-refractivity contribution in [2.75, 3.05) is 0 Å². The molecule has 4 aromatic rings. The predicted octanol–water partition coefficient (Wildman–Crippen LogP) is 4.92. The van der Waals surface area contributed by atoms with Gasteiger partial charge in [-0.2, -0.15) is 0 Å². The van der Waals surface area contributed by atoms with Gasteiger partial charge in [0.1, 0.15) is 11.8 Å². The van der Waals surface area contributed by atoms with Crippen molar-refractivity contribution in [2.24, 2.45) is 0 Å². The summed E-state index contributed by atoms with van der Waals surface area (Å²) >= 11 is 0. The van der Waals surface area contributed by atoms with Crippen LogP contribution in [0.1, 0.15) is 5.56 Å². The first-order chi connectivity index (χ1) is 10.7. The molecule has 0 spiro atoms. The highest BCUT2D eigenvalue weighted by Crippen LogP contribution is 2.24. The van der Waals surface area contributed by atoms with Crippen LogP contribution < -0.4 is 5.43 Å². The number of fused-ring (bicyclic) bond motifs is 2. The molecule has 1 aromatic heterocycles. The molecule has 0 unspecified atom stereocenters. The maximum absolute atomic E-state index is 12.7. The molecule has 0 fully saturated rings. The van der Waals surface area contributed by atoms with E-state index in [1.165, 1.54) is 0 Å². The van der Waals surface area contributed by atoms with Crippen molar-refractivity contribution in [3.63, 3.8) is 0 Å². The number of hydrogen-bond donors (Lipinski definition) is 0. The summed E-state index contributed by atoms with van der Waals surface area (Å²) in [5, 5.41) is 2.90. The second-order valence-electron chi connectivity index (χ2n) is 5.54. The standard InChI is InChI=1S/C20H14O2/c1-13-6-9-17-19(10-13)22-12-18(20(17)21)16-8-7-14-4-2-3-5-15(14)11-16/h2-12H,1H3. The minimum absolute atomic E-state index is 0.0107. The van der Waals surface area contributed by atoms with Crippen LogP contribution >= 0.6 is 0 Å². The third-order valence-electron chi connectivity index (χ3n) is 3.99. The molecule has 22 heavy (non-hydrogen) atoms. The van der Waals surface area contributed by atoms with Crippen molar-refractivity contribution >= 4 is 21.7 Å². The summed E-state index contributed by atoms with van der Waals surface area (Å²) < 4.78 is 5.67. The molecule has 0 saturated carbocycles. The summed E-state index contributed by atoms with van der Waals surface area (Å²) in [7, 11) is 0. The molecule has 0 aliphatic rings. The van der Waals surface area contributed by atoms with E-state index in [9.17, 15) is 4.79 Å². The fourth-order valence-electron chi connectivity index (χ4n) is 2.79. The first-order valence-electron chi connectivity index (χ1n) is 7.24. The Morgan fingerprint density at radius 1 is 0.864 bits per heavy atom. The van der Waals surface area contributed by atoms with Crippen LogP contribution in [0.15, 0.2) is 76.1 Å². The van der Waals surface area contributed by atoms with Gasteiger partial charge in [-0.3, -0.25) is 4.79 Å². The average Bonchev–Trinajstić information content (AvgIpc) is 2.54. The Morgan fingerprint density at radius 3 is 2.55 bits per heavy atom. The van der Waals surface area contributed by atoms with Crippen LogP contribution in [-0.4, -0.2) is 0 Å². The molecule has 106 valence electrons. The summed E-state index contributed by atoms with van der Waals surface area (Å²) in [6.07, 6.45) is 1.56. The Hall–Kier alpha value is -2.87. The first-order valence-corrected chi connectivity index (χ1v) is 7.24. The van der Waals surface area contributed by atoms with Gasteiger partial charge < -0.3 is 4.42 Å². The Kier molecular flexibility index (Phi) is 2.83. The van der Waals surface area contributed by atoms with E-state index in [4.69, 9.17) is 4.42 Å². The fourth-order valence-corrected chi connectivity index (χ4v) is 2.79. The summed E-state index contributed by atoms with van der Waals surface area (Å²) in [5.74, 6) is 0. The van der Waals surface area contributed by atoms with Crippen molar-refractivity contribution < 1.29 is 4.42 Å². The molecule has 2 nitrogen and oxygen atoms in total. The summed E-state index contributed by atoms with van der Waals surface area (Å²) in [4.78, 5) is 12.7. The fraction of sp³-hybridized carbons (Fsp3) is 0.0500. The lowest BCUT2D eigenvalue weighted by Crippen LogP contribution is -2.04. The highest BCUT2D eigenvalue weighted by Gasteiger charge is 2.09. The minimum Gasteiger partial charge on any atom is -0.463 e. The van der Waals surface area contributed by atoms with E-state index in [-0.39, 0.29) is 5.43 Å². The van der Waals surface area contributed by atoms with Crippen LogP contribution in [0.25, 0.3) is 32.9 Å². The van der Waals surface area contributed by atoms with Crippen LogP contribution in [0.3, 0.4) is 0 Å². The van der Waals surface area contributed by atoms with Crippen molar-refractivity contribution in [1.82, 2.24) is 0 Å². The SMILES string of the molecule is Cc1ccc2c(=O)c(-c3ccc4ccccc4c3)coc2c1. The third kappa shape index (κ3) is 2.01. The molecule has 2 heteroatoms. The molecule has 0 radical (unpaired) electrons. The molecule has 0 N–H and O–H groups in total. The van der Waals surface area contributed by atoms with Gasteiger partial charge in [0.2, 0.25) is 0 Å². The second-order valence-corrected chi connectivity index (χ2v) is 5.54. The van der Waals surface area contributed by atoms with Crippen LogP contribution in [0.4, 0.5) is 0 Å². The van der Waals surface area contributed by atoms with Gasteiger partial charge in [-0.25, -0.2) is 0 Å². The number of aryl methyl sites for hydroxylation is 1. The molecular weight excluding hydrogens is 272 g/mol. The van der Waals surface area contributed by atoms with Crippen molar-refractivity contribution in [1.29, 1.82) is 0 Å². The smallest absolute Gasteiger partial charge is 0.200 e. The van der Waals surface area contributed by atoms with E-state index in [0.29, 0.717) is 16.5 Å². The lowest BCUT2D eigenvalue weighted by Gasteiger charge is -2.05. The Bertz CT molecular complexity index is 1060. The monoisotopic (exact) mass is 286 g/mol. The summed E-state index contributed by atoms with van der Waals surface area (Å²) in [6.45, 7) is 1.98. The van der Waals surface area contributed by atoms with Gasteiger partial charge in [0.05, 0.1) is 10.9 Å². The Morgan fingerprint density at radius 2 is 1.68 bits per heavy atom. The van der Waals surface area contributed by atoms with Crippen molar-refractivity contribution in [2.45, 2.75) is 6.92 Å². The molecule has 1 heterocycles. The molecule has 0 bridgehead atoms. The van der Waals surface area contributed by atoms with E-state index in [2.05, 4.69) is 6.07 Å². The normalized spacial score (nSPS) is 11.1. The molecular formula is C20H14O2. The van der Waals surface area contributed by atoms with E-state index in [0.717, 1.165) is 21.9 Å². The van der Waals surface area contributed by atoms with Gasteiger partial charge >= 0.3 is 0 Å². The zero-order valence-corrected chi connectivity index (χ0v) is 12.2. The van der Waals surface area contributed by atoms with E-state index in [1.807, 2.05) is 61.5 Å². The van der Waals surface area contributed by atoms with Gasteiger partial charge in [-0.15, -0.1) is 0 Å². The highest BCUT2D eigenvalue weighted by molar-refractivity contribution is 5.89. The number of benzene rings is 3. The Balaban J connectivity index is 1.97. The molecule has 0 saturated heterocycles. The minimum atomic E-state index is 0.0107. The zero-order chi connectivity index (χ0) is 15.1. The van der Waals surface area contributed by atoms with Crippen LogP contribution in [-0.2, 0) is 0 Å². The van der Waals surface area contributed by atoms with Gasteiger partial charge in [0, 0.05) is 0 Å². The molecule has 0 aliphatic heterocycles. The summed E-state index contributed by atoms with van der Waals surface area (Å²) in [5.41, 5.74) is 3.21. The molecule has 0 amide bonds. The van der Waals surface area contributed by atoms with E-state index < -0.39 is 0 Å². The topological polar surface area (TPSA) is 30.2 Å². The lowest BCUT2D eigenvalue weighted by molar-refractivity contribution is 0.604. The predicted molar refractivity (Wildman–Crippen MR) is 90.2 cm³/mol. The van der Waals surface area contributed by atoms with Crippen LogP contribution in [0.5, 0.6) is 0 Å². The van der Waals surface area contributed by atoms with E-state index in [1.54, 1.807) is 6.26 Å². The van der Waals surface area contributed by atoms with Crippen molar-refractivity contribution in [3.05, 3.63) is 82.7 Å². The van der Waals surface area contributed by atoms with Crippen molar-refractivity contribution in [3.8, 4) is 11.1 Å². The van der Waals surface area contributed by atoms with Gasteiger partial charge in [-0.1, -0.05) is 42.5 Å². The van der Waals surface area contributed by atoms with E-state index >= 15 is 0 Å². The molecule has 0 aliphatic carbocycles. The molecule has 4 rings (SSSR count).